The molecule has 2 heterocycles. The highest BCUT2D eigenvalue weighted by molar-refractivity contribution is 9.10. The number of aromatic nitrogens is 1. The van der Waals surface area contributed by atoms with Crippen LogP contribution in [0.4, 0.5) is 5.69 Å². The number of amidine groups is 1. The monoisotopic (exact) mass is 466 g/mol. The van der Waals surface area contributed by atoms with E-state index >= 15 is 0 Å². The summed E-state index contributed by atoms with van der Waals surface area (Å²) in [4.78, 5) is 21.0. The van der Waals surface area contributed by atoms with Gasteiger partial charge in [-0.25, -0.2) is 4.98 Å². The Bertz CT molecular complexity index is 839. The molecule has 1 atom stereocenters. The second-order valence-corrected chi connectivity index (χ2v) is 7.75. The summed E-state index contributed by atoms with van der Waals surface area (Å²) < 4.78 is 7.16. The lowest BCUT2D eigenvalue weighted by atomic mass is 9.92. The van der Waals surface area contributed by atoms with Crippen LogP contribution >= 0.6 is 31.9 Å². The third-order valence-corrected chi connectivity index (χ3v) is 4.69. The molecule has 2 aromatic rings. The van der Waals surface area contributed by atoms with Crippen LogP contribution in [-0.2, 0) is 10.3 Å². The van der Waals surface area contributed by atoms with E-state index < -0.39 is 5.54 Å². The molecule has 130 valence electrons. The average molecular weight is 468 g/mol. The number of nitrogens with two attached hydrogens (primary N) is 1. The van der Waals surface area contributed by atoms with Gasteiger partial charge in [-0.1, -0.05) is 15.9 Å². The number of amides is 1. The van der Waals surface area contributed by atoms with Gasteiger partial charge in [0, 0.05) is 20.8 Å². The van der Waals surface area contributed by atoms with Crippen molar-refractivity contribution in [2.45, 2.75) is 12.5 Å². The van der Waals surface area contributed by atoms with E-state index in [1.54, 1.807) is 18.3 Å². The Kier molecular flexibility index (Phi) is 5.21. The lowest BCUT2D eigenvalue weighted by molar-refractivity contribution is 0.102. The molecule has 6 nitrogen and oxygen atoms in total. The fourth-order valence-corrected chi connectivity index (χ4v) is 3.29. The summed E-state index contributed by atoms with van der Waals surface area (Å²) >= 11 is 6.78. The molecule has 1 aromatic heterocycles. The molecule has 3 rings (SSSR count). The minimum Gasteiger partial charge on any atom is -0.386 e. The molecular weight excluding hydrogens is 452 g/mol. The Morgan fingerprint density at radius 1 is 1.28 bits per heavy atom. The van der Waals surface area contributed by atoms with Gasteiger partial charge in [-0.3, -0.25) is 9.79 Å². The van der Waals surface area contributed by atoms with E-state index in [0.717, 1.165) is 14.5 Å². The molecule has 8 heteroatoms. The molecule has 3 N–H and O–H groups in total. The number of aliphatic imine (C=N–C) groups is 1. The number of anilines is 1. The predicted molar refractivity (Wildman–Crippen MR) is 104 cm³/mol. The van der Waals surface area contributed by atoms with Gasteiger partial charge in [0.15, 0.2) is 0 Å². The zero-order valence-electron chi connectivity index (χ0n) is 13.4. The number of nitrogens with zero attached hydrogens (tertiary/aromatic N) is 2. The van der Waals surface area contributed by atoms with Gasteiger partial charge in [0.05, 0.1) is 6.61 Å². The van der Waals surface area contributed by atoms with Crippen molar-refractivity contribution in [3.05, 3.63) is 56.7 Å². The van der Waals surface area contributed by atoms with E-state index in [1.165, 1.54) is 0 Å². The van der Waals surface area contributed by atoms with Crippen LogP contribution in [0.2, 0.25) is 0 Å². The van der Waals surface area contributed by atoms with Crippen molar-refractivity contribution in [2.75, 3.05) is 18.5 Å². The van der Waals surface area contributed by atoms with Crippen molar-refractivity contribution >= 4 is 49.3 Å². The number of nitrogens with one attached hydrogen (secondary N) is 1. The molecule has 0 fully saturated rings. The van der Waals surface area contributed by atoms with Crippen LogP contribution in [0.3, 0.4) is 0 Å². The first kappa shape index (κ1) is 18.0. The molecule has 0 spiro atoms. The minimum atomic E-state index is -0.596. The number of carbonyl (C=O) groups excluding carboxylic acids is 1. The van der Waals surface area contributed by atoms with Crippen molar-refractivity contribution in [1.82, 2.24) is 4.98 Å². The fourth-order valence-electron chi connectivity index (χ4n) is 2.56. The van der Waals surface area contributed by atoms with Crippen LogP contribution < -0.4 is 11.1 Å². The van der Waals surface area contributed by atoms with Gasteiger partial charge in [-0.2, -0.15) is 0 Å². The van der Waals surface area contributed by atoms with Crippen molar-refractivity contribution in [3.8, 4) is 0 Å². The molecule has 1 unspecified atom stereocenters. The Labute approximate surface area is 162 Å². The van der Waals surface area contributed by atoms with Crippen molar-refractivity contribution in [2.24, 2.45) is 10.7 Å². The van der Waals surface area contributed by atoms with E-state index in [1.807, 2.05) is 25.1 Å². The molecule has 1 aromatic carbocycles. The quantitative estimate of drug-likeness (QED) is 0.723. The smallest absolute Gasteiger partial charge is 0.274 e. The van der Waals surface area contributed by atoms with Crippen LogP contribution in [0.25, 0.3) is 0 Å². The van der Waals surface area contributed by atoms with Crippen molar-refractivity contribution in [1.29, 1.82) is 0 Å². The van der Waals surface area contributed by atoms with E-state index in [9.17, 15) is 4.79 Å². The molecule has 0 radical (unpaired) electrons. The first-order valence-electron chi connectivity index (χ1n) is 7.52. The molecule has 1 amide bonds. The second-order valence-electron chi connectivity index (χ2n) is 5.91. The maximum atomic E-state index is 12.4. The van der Waals surface area contributed by atoms with E-state index in [-0.39, 0.29) is 5.91 Å². The Morgan fingerprint density at radius 2 is 2.08 bits per heavy atom. The second kappa shape index (κ2) is 7.23. The fraction of sp³-hybridized carbons (Fsp3) is 0.235. The zero-order valence-corrected chi connectivity index (χ0v) is 16.6. The SMILES string of the molecule is CC1(c2cc(Br)cc(NC(=O)c3ccc(Br)cn3)c2)COCC(N)=N1. The van der Waals surface area contributed by atoms with Gasteiger partial charge < -0.3 is 15.8 Å². The van der Waals surface area contributed by atoms with Crippen molar-refractivity contribution in [3.63, 3.8) is 0 Å². The lowest BCUT2D eigenvalue weighted by Crippen LogP contribution is -2.37. The number of rotatable bonds is 3. The first-order valence-corrected chi connectivity index (χ1v) is 9.10. The molecule has 0 saturated carbocycles. The summed E-state index contributed by atoms with van der Waals surface area (Å²) in [5, 5.41) is 2.86. The molecule has 1 aliphatic heterocycles. The van der Waals surface area contributed by atoms with Gasteiger partial charge in [-0.05, 0) is 58.7 Å². The third-order valence-electron chi connectivity index (χ3n) is 3.76. The highest BCUT2D eigenvalue weighted by atomic mass is 79.9. The van der Waals surface area contributed by atoms with Gasteiger partial charge in [0.1, 0.15) is 23.7 Å². The van der Waals surface area contributed by atoms with Gasteiger partial charge >= 0.3 is 0 Å². The maximum Gasteiger partial charge on any atom is 0.274 e. The molecule has 0 saturated heterocycles. The van der Waals surface area contributed by atoms with Crippen LogP contribution in [0.15, 0.2) is 50.5 Å². The highest BCUT2D eigenvalue weighted by Crippen LogP contribution is 2.32. The largest absolute Gasteiger partial charge is 0.386 e. The number of hydrogen-bond donors (Lipinski definition) is 2. The van der Waals surface area contributed by atoms with Gasteiger partial charge in [0.25, 0.3) is 5.91 Å². The van der Waals surface area contributed by atoms with Gasteiger partial charge in [0.2, 0.25) is 0 Å². The molecule has 25 heavy (non-hydrogen) atoms. The molecular formula is C17H16Br2N4O2. The topological polar surface area (TPSA) is 89.6 Å². The van der Waals surface area contributed by atoms with Crippen LogP contribution in [0.5, 0.6) is 0 Å². The van der Waals surface area contributed by atoms with Crippen LogP contribution in [0.1, 0.15) is 23.0 Å². The minimum absolute atomic E-state index is 0.287. The summed E-state index contributed by atoms with van der Waals surface area (Å²) in [7, 11) is 0. The summed E-state index contributed by atoms with van der Waals surface area (Å²) in [6.07, 6.45) is 1.58. The average Bonchev–Trinajstić information content (AvgIpc) is 2.54. The van der Waals surface area contributed by atoms with Crippen molar-refractivity contribution < 1.29 is 9.53 Å². The summed E-state index contributed by atoms with van der Waals surface area (Å²) in [6, 6.07) is 9.05. The van der Waals surface area contributed by atoms with Gasteiger partial charge in [-0.15, -0.1) is 0 Å². The number of pyridine rings is 1. The summed E-state index contributed by atoms with van der Waals surface area (Å²) in [6.45, 7) is 2.71. The Balaban J connectivity index is 1.88. The zero-order chi connectivity index (χ0) is 18.0. The summed E-state index contributed by atoms with van der Waals surface area (Å²) in [5.74, 6) is 0.169. The highest BCUT2D eigenvalue weighted by Gasteiger charge is 2.30. The number of carbonyl (C=O) groups is 1. The number of hydrogen-bond acceptors (Lipinski definition) is 5. The first-order chi connectivity index (χ1) is 11.9. The summed E-state index contributed by atoms with van der Waals surface area (Å²) in [5.41, 5.74) is 7.09. The van der Waals surface area contributed by atoms with Crippen LogP contribution in [0, 0.1) is 0 Å². The van der Waals surface area contributed by atoms with Crippen LogP contribution in [-0.4, -0.2) is 29.9 Å². The Morgan fingerprint density at radius 3 is 2.76 bits per heavy atom. The van der Waals surface area contributed by atoms with E-state index in [2.05, 4.69) is 47.2 Å². The standard InChI is InChI=1S/C17H16Br2N4O2/c1-17(9-25-8-15(20)23-17)10-4-12(19)6-13(5-10)22-16(24)14-3-2-11(18)7-21-14/h2-7H,8-9H2,1H3,(H2,20,23)(H,22,24). The Hall–Kier alpha value is -1.77. The molecule has 1 aliphatic rings. The van der Waals surface area contributed by atoms with E-state index in [0.29, 0.717) is 30.4 Å². The lowest BCUT2D eigenvalue weighted by Gasteiger charge is -2.30. The number of benzene rings is 1. The normalized spacial score (nSPS) is 20.0. The van der Waals surface area contributed by atoms with E-state index in [4.69, 9.17) is 10.5 Å². The maximum absolute atomic E-state index is 12.4. The number of ether oxygens (including phenoxy) is 1. The third kappa shape index (κ3) is 4.26. The molecule has 0 bridgehead atoms. The molecule has 0 aliphatic carbocycles. The predicted octanol–water partition coefficient (Wildman–Crippen LogP) is 3.46. The number of halogens is 2.